The van der Waals surface area contributed by atoms with Gasteiger partial charge in [-0.1, -0.05) is 0 Å². The van der Waals surface area contributed by atoms with Crippen molar-refractivity contribution in [1.82, 2.24) is 14.4 Å². The van der Waals surface area contributed by atoms with Crippen molar-refractivity contribution in [1.29, 1.82) is 0 Å². The first kappa shape index (κ1) is 16.0. The maximum atomic E-state index is 11.8. The first-order valence-corrected chi connectivity index (χ1v) is 7.47. The SMILES string of the molecule is Cc1cc(=O)c(O)c(CN2CCN(C)CC2)n1CCCO. The fourth-order valence-corrected chi connectivity index (χ4v) is 2.74. The molecule has 2 rings (SSSR count). The van der Waals surface area contributed by atoms with Crippen LogP contribution in [0.5, 0.6) is 5.75 Å². The van der Waals surface area contributed by atoms with E-state index >= 15 is 0 Å². The van der Waals surface area contributed by atoms with Gasteiger partial charge in [0.25, 0.3) is 0 Å². The molecule has 1 aliphatic rings. The van der Waals surface area contributed by atoms with Crippen LogP contribution in [0.15, 0.2) is 10.9 Å². The third kappa shape index (κ3) is 3.84. The van der Waals surface area contributed by atoms with Crippen LogP contribution in [0.2, 0.25) is 0 Å². The summed E-state index contributed by atoms with van der Waals surface area (Å²) in [6, 6.07) is 1.46. The summed E-state index contributed by atoms with van der Waals surface area (Å²) in [7, 11) is 2.10. The van der Waals surface area contributed by atoms with Crippen molar-refractivity contribution >= 4 is 0 Å². The van der Waals surface area contributed by atoms with Crippen molar-refractivity contribution < 1.29 is 10.2 Å². The van der Waals surface area contributed by atoms with Gasteiger partial charge in [-0.15, -0.1) is 0 Å². The fourth-order valence-electron chi connectivity index (χ4n) is 2.74. The van der Waals surface area contributed by atoms with Crippen LogP contribution in [0.3, 0.4) is 0 Å². The molecule has 21 heavy (non-hydrogen) atoms. The zero-order chi connectivity index (χ0) is 15.4. The Labute approximate surface area is 125 Å². The molecular formula is C15H25N3O3. The van der Waals surface area contributed by atoms with E-state index in [1.54, 1.807) is 0 Å². The van der Waals surface area contributed by atoms with Crippen molar-refractivity contribution in [2.45, 2.75) is 26.4 Å². The molecular weight excluding hydrogens is 270 g/mol. The minimum atomic E-state index is -0.322. The lowest BCUT2D eigenvalue weighted by Crippen LogP contribution is -2.44. The van der Waals surface area contributed by atoms with Crippen LogP contribution in [0.1, 0.15) is 17.8 Å². The van der Waals surface area contributed by atoms with Crippen molar-refractivity contribution in [3.8, 4) is 5.75 Å². The number of likely N-dealkylation sites (N-methyl/N-ethyl adjacent to an activating group) is 1. The summed E-state index contributed by atoms with van der Waals surface area (Å²) in [5.74, 6) is -0.155. The molecule has 0 amide bonds. The lowest BCUT2D eigenvalue weighted by atomic mass is 10.2. The highest BCUT2D eigenvalue weighted by Crippen LogP contribution is 2.18. The molecule has 1 aliphatic heterocycles. The van der Waals surface area contributed by atoms with Crippen LogP contribution in [0.4, 0.5) is 0 Å². The summed E-state index contributed by atoms with van der Waals surface area (Å²) in [6.07, 6.45) is 0.610. The Morgan fingerprint density at radius 2 is 1.90 bits per heavy atom. The summed E-state index contributed by atoms with van der Waals surface area (Å²) < 4.78 is 1.95. The first-order chi connectivity index (χ1) is 10.0. The number of rotatable bonds is 5. The normalized spacial score (nSPS) is 17.3. The van der Waals surface area contributed by atoms with Crippen LogP contribution in [0, 0.1) is 6.92 Å². The van der Waals surface area contributed by atoms with Gasteiger partial charge in [0.15, 0.2) is 5.75 Å². The topological polar surface area (TPSA) is 68.9 Å². The van der Waals surface area contributed by atoms with Crippen LogP contribution in [-0.2, 0) is 13.1 Å². The molecule has 0 saturated carbocycles. The number of hydrogen-bond acceptors (Lipinski definition) is 5. The van der Waals surface area contributed by atoms with E-state index in [1.165, 1.54) is 6.07 Å². The van der Waals surface area contributed by atoms with Crippen LogP contribution in [0.25, 0.3) is 0 Å². The maximum absolute atomic E-state index is 11.8. The molecule has 0 atom stereocenters. The molecule has 0 aliphatic carbocycles. The molecule has 1 aromatic heterocycles. The van der Waals surface area contributed by atoms with Gasteiger partial charge in [-0.25, -0.2) is 0 Å². The second-order valence-corrected chi connectivity index (χ2v) is 5.75. The Morgan fingerprint density at radius 1 is 1.24 bits per heavy atom. The minimum absolute atomic E-state index is 0.0975. The number of nitrogens with zero attached hydrogens (tertiary/aromatic N) is 3. The van der Waals surface area contributed by atoms with E-state index in [0.717, 1.165) is 31.9 Å². The summed E-state index contributed by atoms with van der Waals surface area (Å²) in [4.78, 5) is 16.4. The minimum Gasteiger partial charge on any atom is -0.503 e. The lowest BCUT2D eigenvalue weighted by molar-refractivity contribution is 0.143. The summed E-state index contributed by atoms with van der Waals surface area (Å²) in [5, 5.41) is 19.2. The zero-order valence-electron chi connectivity index (χ0n) is 12.9. The highest BCUT2D eigenvalue weighted by atomic mass is 16.3. The average Bonchev–Trinajstić information content (AvgIpc) is 2.46. The monoisotopic (exact) mass is 295 g/mol. The van der Waals surface area contributed by atoms with Gasteiger partial charge in [-0.3, -0.25) is 9.69 Å². The van der Waals surface area contributed by atoms with E-state index in [9.17, 15) is 9.90 Å². The Morgan fingerprint density at radius 3 is 2.52 bits per heavy atom. The highest BCUT2D eigenvalue weighted by molar-refractivity contribution is 5.29. The number of piperazine rings is 1. The van der Waals surface area contributed by atoms with Crippen LogP contribution < -0.4 is 5.43 Å². The molecule has 0 spiro atoms. The Kier molecular flexibility index (Phi) is 5.39. The number of hydrogen-bond donors (Lipinski definition) is 2. The lowest BCUT2D eigenvalue weighted by Gasteiger charge is -2.33. The van der Waals surface area contributed by atoms with Gasteiger partial charge < -0.3 is 19.7 Å². The predicted octanol–water partition coefficient (Wildman–Crippen LogP) is -0.00788. The Bertz CT molecular complexity index is 534. The van der Waals surface area contributed by atoms with E-state index in [1.807, 2.05) is 11.5 Å². The molecule has 6 heteroatoms. The van der Waals surface area contributed by atoms with Gasteiger partial charge in [0.05, 0.1) is 5.69 Å². The quantitative estimate of drug-likeness (QED) is 0.800. The van der Waals surface area contributed by atoms with Gasteiger partial charge in [0, 0.05) is 57.6 Å². The zero-order valence-corrected chi connectivity index (χ0v) is 12.9. The second kappa shape index (κ2) is 7.06. The van der Waals surface area contributed by atoms with E-state index in [4.69, 9.17) is 5.11 Å². The van der Waals surface area contributed by atoms with Gasteiger partial charge in [-0.2, -0.15) is 0 Å². The number of aryl methyl sites for hydroxylation is 1. The van der Waals surface area contributed by atoms with Gasteiger partial charge >= 0.3 is 0 Å². The molecule has 1 saturated heterocycles. The standard InChI is InChI=1S/C15H25N3O3/c1-12-10-14(20)15(21)13(18(12)4-3-9-19)11-17-7-5-16(2)6-8-17/h10,19,21H,3-9,11H2,1-2H3. The Balaban J connectivity index is 2.25. The molecule has 2 N–H and O–H groups in total. The number of aliphatic hydroxyl groups excluding tert-OH is 1. The number of pyridine rings is 1. The van der Waals surface area contributed by atoms with Crippen molar-refractivity contribution in [2.24, 2.45) is 0 Å². The third-order valence-electron chi connectivity index (χ3n) is 4.11. The maximum Gasteiger partial charge on any atom is 0.223 e. The number of aromatic hydroxyl groups is 1. The van der Waals surface area contributed by atoms with Crippen molar-refractivity contribution in [2.75, 3.05) is 39.8 Å². The molecule has 0 radical (unpaired) electrons. The fraction of sp³-hybridized carbons (Fsp3) is 0.667. The van der Waals surface area contributed by atoms with E-state index in [-0.39, 0.29) is 17.8 Å². The van der Waals surface area contributed by atoms with Gasteiger partial charge in [-0.05, 0) is 20.4 Å². The summed E-state index contributed by atoms with van der Waals surface area (Å²) in [5.41, 5.74) is 1.17. The second-order valence-electron chi connectivity index (χ2n) is 5.75. The van der Waals surface area contributed by atoms with Gasteiger partial charge in [0.2, 0.25) is 5.43 Å². The molecule has 0 unspecified atom stereocenters. The van der Waals surface area contributed by atoms with Crippen LogP contribution >= 0.6 is 0 Å². The smallest absolute Gasteiger partial charge is 0.223 e. The van der Waals surface area contributed by atoms with E-state index in [2.05, 4.69) is 16.8 Å². The number of aromatic nitrogens is 1. The first-order valence-electron chi connectivity index (χ1n) is 7.47. The largest absolute Gasteiger partial charge is 0.503 e. The average molecular weight is 295 g/mol. The molecule has 2 heterocycles. The third-order valence-corrected chi connectivity index (χ3v) is 4.11. The molecule has 118 valence electrons. The summed E-state index contributed by atoms with van der Waals surface area (Å²) in [6.45, 7) is 6.99. The van der Waals surface area contributed by atoms with Crippen molar-refractivity contribution in [3.05, 3.63) is 27.7 Å². The van der Waals surface area contributed by atoms with E-state index < -0.39 is 0 Å². The molecule has 1 fully saturated rings. The molecule has 0 bridgehead atoms. The van der Waals surface area contributed by atoms with Gasteiger partial charge in [0.1, 0.15) is 0 Å². The van der Waals surface area contributed by atoms with Crippen molar-refractivity contribution in [3.63, 3.8) is 0 Å². The highest BCUT2D eigenvalue weighted by Gasteiger charge is 2.19. The molecule has 0 aromatic carbocycles. The molecule has 1 aromatic rings. The van der Waals surface area contributed by atoms with E-state index in [0.29, 0.717) is 25.2 Å². The Hall–Kier alpha value is -1.37. The predicted molar refractivity (Wildman–Crippen MR) is 81.6 cm³/mol. The number of aliphatic hydroxyl groups is 1. The van der Waals surface area contributed by atoms with Crippen LogP contribution in [-0.4, -0.2) is 64.4 Å². The summed E-state index contributed by atoms with van der Waals surface area (Å²) >= 11 is 0. The molecule has 6 nitrogen and oxygen atoms in total.